The Hall–Kier alpha value is -2.22. The number of nitrogens with one attached hydrogen (secondary N) is 1. The Bertz CT molecular complexity index is 925. The maximum atomic E-state index is 12.9. The van der Waals surface area contributed by atoms with Crippen LogP contribution in [0, 0.1) is 0 Å². The Morgan fingerprint density at radius 1 is 1.18 bits per heavy atom. The summed E-state index contributed by atoms with van der Waals surface area (Å²) in [6.45, 7) is 1.17. The lowest BCUT2D eigenvalue weighted by molar-refractivity contribution is 0.198. The second kappa shape index (κ2) is 7.31. The van der Waals surface area contributed by atoms with Gasteiger partial charge in [0.25, 0.3) is 5.56 Å². The summed E-state index contributed by atoms with van der Waals surface area (Å²) in [7, 11) is 0. The predicted octanol–water partition coefficient (Wildman–Crippen LogP) is 3.15. The Balaban J connectivity index is 1.28. The van der Waals surface area contributed by atoms with Crippen molar-refractivity contribution in [3.05, 3.63) is 38.8 Å². The maximum Gasteiger partial charge on any atom is 0.323 e. The summed E-state index contributed by atoms with van der Waals surface area (Å²) in [6.07, 6.45) is 8.62. The zero-order valence-corrected chi connectivity index (χ0v) is 16.7. The van der Waals surface area contributed by atoms with Crippen molar-refractivity contribution in [3.63, 3.8) is 0 Å². The molecule has 1 saturated heterocycles. The number of hydrogen-bond acceptors (Lipinski definition) is 5. The van der Waals surface area contributed by atoms with Crippen molar-refractivity contribution in [1.29, 1.82) is 0 Å². The average molecular weight is 400 g/mol. The van der Waals surface area contributed by atoms with Gasteiger partial charge in [-0.25, -0.2) is 14.5 Å². The van der Waals surface area contributed by atoms with Crippen LogP contribution in [-0.4, -0.2) is 38.3 Å². The number of rotatable bonds is 4. The summed E-state index contributed by atoms with van der Waals surface area (Å²) in [6, 6.07) is 3.34. The number of thiazole rings is 1. The summed E-state index contributed by atoms with van der Waals surface area (Å²) in [5.41, 5.74) is 2.06. The number of anilines is 1. The van der Waals surface area contributed by atoms with Crippen molar-refractivity contribution in [2.75, 3.05) is 11.9 Å². The molecule has 2 amide bonds. The Kier molecular flexibility index (Phi) is 4.66. The van der Waals surface area contributed by atoms with E-state index in [1.165, 1.54) is 17.7 Å². The quantitative estimate of drug-likeness (QED) is 0.856. The number of urea groups is 1. The smallest absolute Gasteiger partial charge is 0.320 e. The van der Waals surface area contributed by atoms with Gasteiger partial charge in [0.1, 0.15) is 0 Å². The van der Waals surface area contributed by atoms with Gasteiger partial charge >= 0.3 is 6.03 Å². The highest BCUT2D eigenvalue weighted by molar-refractivity contribution is 7.15. The molecule has 0 bridgehead atoms. The highest BCUT2D eigenvalue weighted by atomic mass is 32.1. The van der Waals surface area contributed by atoms with Gasteiger partial charge in [-0.05, 0) is 57.4 Å². The average Bonchev–Trinajstić information content (AvgIpc) is 3.29. The van der Waals surface area contributed by atoms with Crippen LogP contribution < -0.4 is 10.9 Å². The number of aromatic nitrogens is 3. The number of likely N-dealkylation sites (tertiary alicyclic amines) is 1. The molecule has 1 atom stereocenters. The molecule has 1 unspecified atom stereocenters. The molecule has 1 aliphatic heterocycles. The molecule has 3 aliphatic rings. The molecule has 28 heavy (non-hydrogen) atoms. The van der Waals surface area contributed by atoms with Gasteiger partial charge in [-0.3, -0.25) is 10.1 Å². The number of fused-ring (bicyclic) bond motifs is 1. The molecular weight excluding hydrogens is 374 g/mol. The van der Waals surface area contributed by atoms with E-state index in [1.807, 2.05) is 11.0 Å². The van der Waals surface area contributed by atoms with Crippen molar-refractivity contribution in [2.45, 2.75) is 69.9 Å². The number of carbonyl (C=O) groups is 1. The zero-order chi connectivity index (χ0) is 19.1. The molecule has 8 heteroatoms. The van der Waals surface area contributed by atoms with Crippen LogP contribution in [0.4, 0.5) is 9.93 Å². The predicted molar refractivity (Wildman–Crippen MR) is 108 cm³/mol. The molecule has 3 heterocycles. The van der Waals surface area contributed by atoms with Crippen LogP contribution in [0.1, 0.15) is 60.7 Å². The number of nitrogens with zero attached hydrogens (tertiary/aromatic N) is 4. The van der Waals surface area contributed by atoms with E-state index in [-0.39, 0.29) is 17.6 Å². The molecule has 5 rings (SSSR count). The van der Waals surface area contributed by atoms with Gasteiger partial charge in [0.05, 0.1) is 24.0 Å². The SMILES string of the molecule is O=C(Nc1nc2c(s1)CCCC2)N1CCCC1Cn1nc(C2CC2)ccc1=O. The van der Waals surface area contributed by atoms with E-state index in [9.17, 15) is 9.59 Å². The minimum atomic E-state index is -0.111. The first-order valence-corrected chi connectivity index (χ1v) is 11.1. The van der Waals surface area contributed by atoms with E-state index >= 15 is 0 Å². The van der Waals surface area contributed by atoms with Gasteiger partial charge in [0.15, 0.2) is 5.13 Å². The molecule has 0 spiro atoms. The van der Waals surface area contributed by atoms with Crippen LogP contribution in [0.2, 0.25) is 0 Å². The normalized spacial score (nSPS) is 21.6. The number of carbonyl (C=O) groups excluding carboxylic acids is 1. The van der Waals surface area contributed by atoms with Gasteiger partial charge in [0.2, 0.25) is 0 Å². The molecule has 1 N–H and O–H groups in total. The van der Waals surface area contributed by atoms with Crippen molar-refractivity contribution < 1.29 is 4.79 Å². The lowest BCUT2D eigenvalue weighted by Gasteiger charge is -2.24. The topological polar surface area (TPSA) is 80.1 Å². The molecule has 2 aliphatic carbocycles. The fourth-order valence-electron chi connectivity index (χ4n) is 4.25. The summed E-state index contributed by atoms with van der Waals surface area (Å²) in [5, 5.41) is 8.26. The van der Waals surface area contributed by atoms with Gasteiger partial charge < -0.3 is 4.90 Å². The summed E-state index contributed by atoms with van der Waals surface area (Å²) >= 11 is 1.60. The third-order valence-corrected chi connectivity index (χ3v) is 7.04. The summed E-state index contributed by atoms with van der Waals surface area (Å²) in [5.74, 6) is 0.505. The number of amides is 2. The van der Waals surface area contributed by atoms with E-state index < -0.39 is 0 Å². The standard InChI is InChI=1S/C20H25N5O2S/c26-18-10-9-15(13-7-8-13)23-25(18)12-14-4-3-11-24(14)20(27)22-19-21-16-5-1-2-6-17(16)28-19/h9-10,13-14H,1-8,11-12H2,(H,21,22,27). The maximum absolute atomic E-state index is 12.9. The minimum Gasteiger partial charge on any atom is -0.320 e. The lowest BCUT2D eigenvalue weighted by atomic mass is 10.0. The van der Waals surface area contributed by atoms with E-state index in [1.54, 1.807) is 22.1 Å². The van der Waals surface area contributed by atoms with E-state index in [4.69, 9.17) is 0 Å². The van der Waals surface area contributed by atoms with E-state index in [0.717, 1.165) is 49.9 Å². The second-order valence-corrected chi connectivity index (χ2v) is 9.15. The Morgan fingerprint density at radius 2 is 2.04 bits per heavy atom. The molecule has 2 aromatic heterocycles. The summed E-state index contributed by atoms with van der Waals surface area (Å²) in [4.78, 5) is 32.9. The van der Waals surface area contributed by atoms with Crippen molar-refractivity contribution in [2.24, 2.45) is 0 Å². The van der Waals surface area contributed by atoms with E-state index in [2.05, 4.69) is 15.4 Å². The Morgan fingerprint density at radius 3 is 2.86 bits per heavy atom. The van der Waals surface area contributed by atoms with Crippen LogP contribution in [0.3, 0.4) is 0 Å². The van der Waals surface area contributed by atoms with Gasteiger partial charge in [-0.15, -0.1) is 11.3 Å². The second-order valence-electron chi connectivity index (χ2n) is 8.07. The third-order valence-electron chi connectivity index (χ3n) is 5.96. The fraction of sp³-hybridized carbons (Fsp3) is 0.600. The van der Waals surface area contributed by atoms with Crippen molar-refractivity contribution in [1.82, 2.24) is 19.7 Å². The first-order chi connectivity index (χ1) is 13.7. The first kappa shape index (κ1) is 17.8. The Labute approximate surface area is 167 Å². The van der Waals surface area contributed by atoms with Crippen molar-refractivity contribution in [3.8, 4) is 0 Å². The van der Waals surface area contributed by atoms with Gasteiger partial charge in [-0.2, -0.15) is 5.10 Å². The molecule has 2 aromatic rings. The molecule has 1 saturated carbocycles. The molecule has 148 valence electrons. The summed E-state index contributed by atoms with van der Waals surface area (Å²) < 4.78 is 1.55. The van der Waals surface area contributed by atoms with Crippen LogP contribution in [0.15, 0.2) is 16.9 Å². The van der Waals surface area contributed by atoms with Crippen molar-refractivity contribution >= 4 is 22.5 Å². The largest absolute Gasteiger partial charge is 0.323 e. The monoisotopic (exact) mass is 399 g/mol. The molecular formula is C20H25N5O2S. The third kappa shape index (κ3) is 3.57. The first-order valence-electron chi connectivity index (χ1n) is 10.3. The highest BCUT2D eigenvalue weighted by Crippen LogP contribution is 2.38. The number of aryl methyl sites for hydroxylation is 2. The van der Waals surface area contributed by atoms with Gasteiger partial charge in [0, 0.05) is 23.4 Å². The van der Waals surface area contributed by atoms with Crippen LogP contribution >= 0.6 is 11.3 Å². The molecule has 7 nitrogen and oxygen atoms in total. The van der Waals surface area contributed by atoms with Gasteiger partial charge in [-0.1, -0.05) is 0 Å². The molecule has 0 aromatic carbocycles. The zero-order valence-electron chi connectivity index (χ0n) is 15.9. The number of hydrogen-bond donors (Lipinski definition) is 1. The van der Waals surface area contributed by atoms with Crippen LogP contribution in [0.5, 0.6) is 0 Å². The highest BCUT2D eigenvalue weighted by Gasteiger charge is 2.31. The molecule has 0 radical (unpaired) electrons. The molecule has 2 fully saturated rings. The fourth-order valence-corrected chi connectivity index (χ4v) is 5.29. The lowest BCUT2D eigenvalue weighted by Crippen LogP contribution is -2.42. The van der Waals surface area contributed by atoms with Crippen LogP contribution in [-0.2, 0) is 19.4 Å². The van der Waals surface area contributed by atoms with Crippen LogP contribution in [0.25, 0.3) is 0 Å². The minimum absolute atomic E-state index is 0.00533. The van der Waals surface area contributed by atoms with E-state index in [0.29, 0.717) is 24.1 Å².